The van der Waals surface area contributed by atoms with Crippen molar-refractivity contribution in [2.24, 2.45) is 0 Å². The fourth-order valence-electron chi connectivity index (χ4n) is 7.98. The summed E-state index contributed by atoms with van der Waals surface area (Å²) in [6, 6.07) is -0.544. The van der Waals surface area contributed by atoms with Gasteiger partial charge in [-0.1, -0.05) is 229 Å². The number of aliphatic hydroxyl groups excluding tert-OH is 2. The number of allylic oxidation sites excluding steroid dienone is 7. The first-order valence-electron chi connectivity index (χ1n) is 26.9. The number of esters is 1. The van der Waals surface area contributed by atoms with E-state index in [1.807, 2.05) is 0 Å². The predicted octanol–water partition coefficient (Wildman–Crippen LogP) is 16.2. The van der Waals surface area contributed by atoms with Gasteiger partial charge >= 0.3 is 5.97 Å². The van der Waals surface area contributed by atoms with Crippen molar-refractivity contribution in [1.82, 2.24) is 5.32 Å². The van der Waals surface area contributed by atoms with Gasteiger partial charge in [-0.15, -0.1) is 0 Å². The van der Waals surface area contributed by atoms with Crippen molar-refractivity contribution >= 4 is 11.9 Å². The van der Waals surface area contributed by atoms with Crippen LogP contribution >= 0.6 is 0 Å². The van der Waals surface area contributed by atoms with Gasteiger partial charge in [0.2, 0.25) is 5.91 Å². The summed E-state index contributed by atoms with van der Waals surface area (Å²) in [7, 11) is 0. The molecule has 0 rings (SSSR count). The molecule has 0 fully saturated rings. The maximum atomic E-state index is 12.4. The summed E-state index contributed by atoms with van der Waals surface area (Å²) in [5, 5.41) is 23.1. The van der Waals surface area contributed by atoms with Crippen LogP contribution in [0.1, 0.15) is 271 Å². The lowest BCUT2D eigenvalue weighted by Crippen LogP contribution is -2.45. The van der Waals surface area contributed by atoms with Crippen LogP contribution in [0.15, 0.2) is 48.6 Å². The Balaban J connectivity index is 3.45. The van der Waals surface area contributed by atoms with Crippen molar-refractivity contribution in [3.63, 3.8) is 0 Å². The molecule has 362 valence electrons. The molecule has 0 aliphatic carbocycles. The second-order valence-electron chi connectivity index (χ2n) is 18.2. The number of ether oxygens (including phenoxy) is 1. The number of aliphatic hydroxyl groups is 2. The van der Waals surface area contributed by atoms with Crippen LogP contribution in [0.2, 0.25) is 0 Å². The molecule has 0 aromatic carbocycles. The highest BCUT2D eigenvalue weighted by molar-refractivity contribution is 5.76. The third kappa shape index (κ3) is 47.3. The number of carbonyl (C=O) groups is 2. The van der Waals surface area contributed by atoms with Gasteiger partial charge in [-0.05, 0) is 77.0 Å². The van der Waals surface area contributed by atoms with Crippen LogP contribution in [-0.2, 0) is 14.3 Å². The van der Waals surface area contributed by atoms with Gasteiger partial charge < -0.3 is 20.3 Å². The molecule has 62 heavy (non-hydrogen) atoms. The van der Waals surface area contributed by atoms with Crippen molar-refractivity contribution in [2.75, 3.05) is 13.2 Å². The van der Waals surface area contributed by atoms with Crippen molar-refractivity contribution in [3.05, 3.63) is 48.6 Å². The van der Waals surface area contributed by atoms with Crippen molar-refractivity contribution in [1.29, 1.82) is 0 Å². The Morgan fingerprint density at radius 3 is 1.26 bits per heavy atom. The monoisotopic (exact) mass is 870 g/mol. The summed E-state index contributed by atoms with van der Waals surface area (Å²) in [5.74, 6) is -0.0936. The van der Waals surface area contributed by atoms with Crippen molar-refractivity contribution < 1.29 is 24.5 Å². The van der Waals surface area contributed by atoms with Crippen LogP contribution < -0.4 is 5.32 Å². The lowest BCUT2D eigenvalue weighted by atomic mass is 10.0. The highest BCUT2D eigenvalue weighted by Crippen LogP contribution is 2.16. The molecule has 0 bridgehead atoms. The van der Waals surface area contributed by atoms with Crippen LogP contribution in [0.3, 0.4) is 0 Å². The Morgan fingerprint density at radius 1 is 0.452 bits per heavy atom. The molecule has 1 amide bonds. The molecule has 0 aromatic heterocycles. The molecule has 2 unspecified atom stereocenters. The van der Waals surface area contributed by atoms with Crippen LogP contribution in [-0.4, -0.2) is 47.4 Å². The number of hydrogen-bond acceptors (Lipinski definition) is 5. The topological polar surface area (TPSA) is 95.9 Å². The van der Waals surface area contributed by atoms with E-state index in [1.54, 1.807) is 0 Å². The average molecular weight is 870 g/mol. The Kier molecular flexibility index (Phi) is 49.6. The number of unbranched alkanes of at least 4 members (excludes halogenated alkanes) is 30. The lowest BCUT2D eigenvalue weighted by Gasteiger charge is -2.22. The smallest absolute Gasteiger partial charge is 0.305 e. The van der Waals surface area contributed by atoms with Crippen LogP contribution in [0.25, 0.3) is 0 Å². The highest BCUT2D eigenvalue weighted by Gasteiger charge is 2.20. The first-order valence-corrected chi connectivity index (χ1v) is 26.9. The standard InChI is InChI=1S/C56H103NO5/c1-3-5-7-9-11-13-14-15-23-27-30-34-38-42-46-50-56(61)62-51-47-43-39-35-31-28-25-22-20-18-16-17-19-21-24-26-29-33-37-41-45-49-55(60)57-53(52-58)54(59)48-44-40-36-32-12-10-8-6-4-2/h11,13,15,23,28,31,39,43,53-54,58-59H,3-10,12,14,16-22,24-27,29-30,32-38,40-42,44-52H2,1-2H3,(H,57,60)/b13-11-,23-15-,31-28-,43-39-. The minimum absolute atomic E-state index is 0.0435. The first kappa shape index (κ1) is 59.8. The van der Waals surface area contributed by atoms with Gasteiger partial charge in [0.1, 0.15) is 0 Å². The third-order valence-electron chi connectivity index (χ3n) is 12.1. The second kappa shape index (κ2) is 51.5. The second-order valence-corrected chi connectivity index (χ2v) is 18.2. The van der Waals surface area contributed by atoms with Gasteiger partial charge in [0, 0.05) is 12.8 Å². The quantitative estimate of drug-likeness (QED) is 0.0322. The van der Waals surface area contributed by atoms with Crippen LogP contribution in [0.4, 0.5) is 0 Å². The van der Waals surface area contributed by atoms with Crippen LogP contribution in [0, 0.1) is 0 Å². The summed E-state index contributed by atoms with van der Waals surface area (Å²) in [5.41, 5.74) is 0. The Morgan fingerprint density at radius 2 is 0.806 bits per heavy atom. The number of hydrogen-bond donors (Lipinski definition) is 3. The molecule has 0 radical (unpaired) electrons. The number of amides is 1. The SMILES string of the molecule is CCCCC/C=C\C/C=C\CCCCCCCC(=O)OCC/C=C\C/C=C\CCCCCCCCCCCCCCCCC(=O)NC(CO)C(O)CCCCCCCCCCC. The molecular weight excluding hydrogens is 767 g/mol. The third-order valence-corrected chi connectivity index (χ3v) is 12.1. The van der Waals surface area contributed by atoms with E-state index < -0.39 is 12.1 Å². The number of carbonyl (C=O) groups excluding carboxylic acids is 2. The lowest BCUT2D eigenvalue weighted by molar-refractivity contribution is -0.143. The van der Waals surface area contributed by atoms with Gasteiger partial charge in [-0.3, -0.25) is 9.59 Å². The van der Waals surface area contributed by atoms with Crippen molar-refractivity contribution in [3.8, 4) is 0 Å². The molecule has 2 atom stereocenters. The zero-order valence-electron chi connectivity index (χ0n) is 41.1. The molecule has 3 N–H and O–H groups in total. The molecule has 0 saturated carbocycles. The summed E-state index contributed by atoms with van der Waals surface area (Å²) < 4.78 is 5.40. The van der Waals surface area contributed by atoms with Gasteiger partial charge in [0.25, 0.3) is 0 Å². The Bertz CT molecular complexity index is 1050. The summed E-state index contributed by atoms with van der Waals surface area (Å²) in [6.45, 7) is 4.78. The first-order chi connectivity index (χ1) is 30.5. The summed E-state index contributed by atoms with van der Waals surface area (Å²) in [4.78, 5) is 24.4. The molecule has 0 aliphatic rings. The molecule has 0 saturated heterocycles. The van der Waals surface area contributed by atoms with Crippen LogP contribution in [0.5, 0.6) is 0 Å². The zero-order chi connectivity index (χ0) is 45.1. The Hall–Kier alpha value is -2.18. The average Bonchev–Trinajstić information content (AvgIpc) is 3.27. The van der Waals surface area contributed by atoms with E-state index in [0.717, 1.165) is 64.2 Å². The molecule has 0 aromatic rings. The van der Waals surface area contributed by atoms with Crippen molar-refractivity contribution in [2.45, 2.75) is 283 Å². The van der Waals surface area contributed by atoms with Gasteiger partial charge in [0.05, 0.1) is 25.4 Å². The van der Waals surface area contributed by atoms with E-state index >= 15 is 0 Å². The fourth-order valence-corrected chi connectivity index (χ4v) is 7.98. The van der Waals surface area contributed by atoms with E-state index in [1.165, 1.54) is 173 Å². The minimum atomic E-state index is -0.666. The summed E-state index contributed by atoms with van der Waals surface area (Å²) in [6.07, 6.45) is 64.0. The van der Waals surface area contributed by atoms with E-state index in [9.17, 15) is 19.8 Å². The predicted molar refractivity (Wildman–Crippen MR) is 269 cm³/mol. The molecular formula is C56H103NO5. The van der Waals surface area contributed by atoms with E-state index in [-0.39, 0.29) is 18.5 Å². The molecule has 6 nitrogen and oxygen atoms in total. The van der Waals surface area contributed by atoms with Gasteiger partial charge in [0.15, 0.2) is 0 Å². The summed E-state index contributed by atoms with van der Waals surface area (Å²) >= 11 is 0. The number of rotatable bonds is 49. The molecule has 0 heterocycles. The zero-order valence-corrected chi connectivity index (χ0v) is 41.1. The Labute approximate surface area is 385 Å². The maximum Gasteiger partial charge on any atom is 0.305 e. The maximum absolute atomic E-state index is 12.4. The van der Waals surface area contributed by atoms with E-state index in [2.05, 4.69) is 67.8 Å². The largest absolute Gasteiger partial charge is 0.465 e. The van der Waals surface area contributed by atoms with E-state index in [0.29, 0.717) is 25.9 Å². The fraction of sp³-hybridized carbons (Fsp3) is 0.821. The molecule has 0 spiro atoms. The minimum Gasteiger partial charge on any atom is -0.465 e. The molecule has 0 aliphatic heterocycles. The molecule has 6 heteroatoms. The van der Waals surface area contributed by atoms with Gasteiger partial charge in [-0.25, -0.2) is 0 Å². The van der Waals surface area contributed by atoms with Gasteiger partial charge in [-0.2, -0.15) is 0 Å². The number of nitrogens with one attached hydrogen (secondary N) is 1. The normalized spacial score (nSPS) is 13.0. The van der Waals surface area contributed by atoms with E-state index in [4.69, 9.17) is 4.74 Å². The highest BCUT2D eigenvalue weighted by atomic mass is 16.5.